The number of nitrogens with one attached hydrogen (secondary N) is 3. The molecule has 31 heavy (non-hydrogen) atoms. The van der Waals surface area contributed by atoms with Crippen LogP contribution in [0, 0.1) is 5.92 Å². The Hall–Kier alpha value is -3.43. The Kier molecular flexibility index (Phi) is 4.64. The molecule has 1 saturated heterocycles. The van der Waals surface area contributed by atoms with Crippen molar-refractivity contribution in [3.05, 3.63) is 59.2 Å². The zero-order valence-electron chi connectivity index (χ0n) is 17.0. The van der Waals surface area contributed by atoms with Crippen molar-refractivity contribution in [1.82, 2.24) is 25.5 Å². The topological polar surface area (TPSA) is 120 Å². The van der Waals surface area contributed by atoms with E-state index in [1.807, 2.05) is 6.07 Å². The van der Waals surface area contributed by atoms with E-state index < -0.39 is 11.8 Å². The SMILES string of the molecule is CNC(=O)Oc1nc2ccc(C3(O)c4ccccc4C(=O)N3CC3CCNC3)cc2[nH]1. The van der Waals surface area contributed by atoms with Crippen molar-refractivity contribution in [1.29, 1.82) is 0 Å². The Labute approximate surface area is 178 Å². The second-order valence-electron chi connectivity index (χ2n) is 7.91. The van der Waals surface area contributed by atoms with Gasteiger partial charge in [0.05, 0.1) is 11.0 Å². The third kappa shape index (κ3) is 3.13. The Morgan fingerprint density at radius 3 is 2.97 bits per heavy atom. The Balaban J connectivity index is 1.58. The number of amides is 2. The molecule has 3 aromatic rings. The van der Waals surface area contributed by atoms with Gasteiger partial charge in [0.1, 0.15) is 0 Å². The second-order valence-corrected chi connectivity index (χ2v) is 7.91. The van der Waals surface area contributed by atoms with Crippen LogP contribution in [0.4, 0.5) is 4.79 Å². The molecular weight excluding hydrogens is 398 g/mol. The van der Waals surface area contributed by atoms with E-state index in [-0.39, 0.29) is 17.8 Å². The van der Waals surface area contributed by atoms with E-state index in [1.54, 1.807) is 41.3 Å². The molecule has 3 heterocycles. The fourth-order valence-electron chi connectivity index (χ4n) is 4.46. The minimum absolute atomic E-state index is 0.0512. The predicted octanol–water partition coefficient (Wildman–Crippen LogP) is 1.54. The van der Waals surface area contributed by atoms with Gasteiger partial charge in [-0.15, -0.1) is 0 Å². The average Bonchev–Trinajstić information content (AvgIpc) is 3.49. The van der Waals surface area contributed by atoms with Crippen molar-refractivity contribution in [3.63, 3.8) is 0 Å². The average molecular weight is 421 g/mol. The maximum atomic E-state index is 13.3. The van der Waals surface area contributed by atoms with Crippen LogP contribution in [0.25, 0.3) is 11.0 Å². The summed E-state index contributed by atoms with van der Waals surface area (Å²) in [7, 11) is 1.46. The fraction of sp³-hybridized carbons (Fsp3) is 0.318. The number of ether oxygens (including phenoxy) is 1. The first-order valence-electron chi connectivity index (χ1n) is 10.2. The largest absolute Gasteiger partial charge is 0.414 e. The lowest BCUT2D eigenvalue weighted by atomic mass is 9.93. The van der Waals surface area contributed by atoms with Gasteiger partial charge in [-0.1, -0.05) is 24.3 Å². The first kappa shape index (κ1) is 19.5. The van der Waals surface area contributed by atoms with Crippen LogP contribution in [0.1, 0.15) is 27.9 Å². The van der Waals surface area contributed by atoms with Crippen LogP contribution in [-0.2, 0) is 5.72 Å². The minimum Gasteiger partial charge on any atom is -0.375 e. The zero-order chi connectivity index (χ0) is 21.6. The van der Waals surface area contributed by atoms with Crippen LogP contribution in [-0.4, -0.2) is 58.7 Å². The molecule has 160 valence electrons. The van der Waals surface area contributed by atoms with Gasteiger partial charge in [0, 0.05) is 30.3 Å². The Morgan fingerprint density at radius 2 is 2.19 bits per heavy atom. The highest BCUT2D eigenvalue weighted by atomic mass is 16.6. The number of imidazole rings is 1. The fourth-order valence-corrected chi connectivity index (χ4v) is 4.46. The summed E-state index contributed by atoms with van der Waals surface area (Å²) in [5.74, 6) is 0.0894. The van der Waals surface area contributed by atoms with Crippen molar-refractivity contribution in [2.24, 2.45) is 5.92 Å². The quantitative estimate of drug-likeness (QED) is 0.507. The van der Waals surface area contributed by atoms with E-state index in [0.717, 1.165) is 19.5 Å². The summed E-state index contributed by atoms with van der Waals surface area (Å²) in [5.41, 5.74) is 1.17. The molecule has 2 amide bonds. The van der Waals surface area contributed by atoms with Crippen molar-refractivity contribution < 1.29 is 19.4 Å². The molecule has 2 aliphatic rings. The van der Waals surface area contributed by atoms with Crippen LogP contribution in [0.15, 0.2) is 42.5 Å². The van der Waals surface area contributed by atoms with Crippen molar-refractivity contribution in [2.45, 2.75) is 12.1 Å². The molecule has 0 aliphatic carbocycles. The van der Waals surface area contributed by atoms with Gasteiger partial charge < -0.3 is 30.4 Å². The van der Waals surface area contributed by atoms with Crippen LogP contribution in [0.2, 0.25) is 0 Å². The summed E-state index contributed by atoms with van der Waals surface area (Å²) in [5, 5.41) is 17.7. The lowest BCUT2D eigenvalue weighted by Crippen LogP contribution is -2.47. The number of fused-ring (bicyclic) bond motifs is 2. The second kappa shape index (κ2) is 7.36. The third-order valence-corrected chi connectivity index (χ3v) is 6.03. The summed E-state index contributed by atoms with van der Waals surface area (Å²) in [6.45, 7) is 2.17. The molecule has 2 aromatic carbocycles. The number of hydrogen-bond donors (Lipinski definition) is 4. The molecule has 0 spiro atoms. The number of carbonyl (C=O) groups excluding carboxylic acids is 2. The van der Waals surface area contributed by atoms with Gasteiger partial charge in [0.15, 0.2) is 5.72 Å². The molecule has 0 bridgehead atoms. The van der Waals surface area contributed by atoms with Crippen LogP contribution < -0.4 is 15.4 Å². The number of H-pyrrole nitrogens is 1. The number of nitrogens with zero attached hydrogens (tertiary/aromatic N) is 2. The van der Waals surface area contributed by atoms with Crippen molar-refractivity contribution in [2.75, 3.05) is 26.7 Å². The summed E-state index contributed by atoms with van der Waals surface area (Å²) in [4.78, 5) is 33.5. The third-order valence-electron chi connectivity index (χ3n) is 6.03. The van der Waals surface area contributed by atoms with E-state index in [1.165, 1.54) is 7.05 Å². The van der Waals surface area contributed by atoms with Gasteiger partial charge in [-0.3, -0.25) is 4.79 Å². The smallest absolute Gasteiger partial charge is 0.375 e. The number of hydrogen-bond acceptors (Lipinski definition) is 6. The maximum absolute atomic E-state index is 13.3. The highest BCUT2D eigenvalue weighted by molar-refractivity contribution is 6.00. The summed E-state index contributed by atoms with van der Waals surface area (Å²) >= 11 is 0. The molecule has 2 aliphatic heterocycles. The van der Waals surface area contributed by atoms with E-state index >= 15 is 0 Å². The van der Waals surface area contributed by atoms with Crippen LogP contribution in [0.3, 0.4) is 0 Å². The van der Waals surface area contributed by atoms with Gasteiger partial charge in [0.2, 0.25) is 0 Å². The van der Waals surface area contributed by atoms with Gasteiger partial charge in [-0.2, -0.15) is 4.98 Å². The number of rotatable bonds is 4. The first-order chi connectivity index (χ1) is 15.0. The number of aromatic amines is 1. The summed E-state index contributed by atoms with van der Waals surface area (Å²) in [6.07, 6.45) is 0.320. The maximum Gasteiger partial charge on any atom is 0.414 e. The molecule has 9 nitrogen and oxygen atoms in total. The molecule has 1 fully saturated rings. The Morgan fingerprint density at radius 1 is 1.35 bits per heavy atom. The molecular formula is C22H23N5O4. The zero-order valence-corrected chi connectivity index (χ0v) is 17.0. The summed E-state index contributed by atoms with van der Waals surface area (Å²) < 4.78 is 5.07. The van der Waals surface area contributed by atoms with Gasteiger partial charge >= 0.3 is 12.1 Å². The molecule has 4 N–H and O–H groups in total. The first-order valence-corrected chi connectivity index (χ1v) is 10.2. The van der Waals surface area contributed by atoms with Crippen molar-refractivity contribution in [3.8, 4) is 6.01 Å². The molecule has 9 heteroatoms. The molecule has 2 atom stereocenters. The van der Waals surface area contributed by atoms with Crippen LogP contribution in [0.5, 0.6) is 6.01 Å². The molecule has 0 saturated carbocycles. The number of aliphatic hydroxyl groups is 1. The summed E-state index contributed by atoms with van der Waals surface area (Å²) in [6, 6.07) is 12.4. The highest BCUT2D eigenvalue weighted by Crippen LogP contribution is 2.43. The predicted molar refractivity (Wildman–Crippen MR) is 113 cm³/mol. The van der Waals surface area contributed by atoms with E-state index in [9.17, 15) is 14.7 Å². The van der Waals surface area contributed by atoms with Crippen LogP contribution >= 0.6 is 0 Å². The van der Waals surface area contributed by atoms with E-state index in [2.05, 4.69) is 20.6 Å². The Bertz CT molecular complexity index is 1170. The minimum atomic E-state index is -1.60. The number of benzene rings is 2. The monoisotopic (exact) mass is 421 g/mol. The number of aromatic nitrogens is 2. The van der Waals surface area contributed by atoms with Gasteiger partial charge in [-0.25, -0.2) is 4.79 Å². The van der Waals surface area contributed by atoms with E-state index in [0.29, 0.717) is 34.3 Å². The molecule has 2 unspecified atom stereocenters. The molecule has 1 aromatic heterocycles. The normalized spacial score (nSPS) is 22.7. The lowest BCUT2D eigenvalue weighted by Gasteiger charge is -2.36. The van der Waals surface area contributed by atoms with E-state index in [4.69, 9.17) is 4.74 Å². The number of carbonyl (C=O) groups is 2. The highest BCUT2D eigenvalue weighted by Gasteiger charge is 2.50. The van der Waals surface area contributed by atoms with Crippen molar-refractivity contribution >= 4 is 23.0 Å². The van der Waals surface area contributed by atoms with Gasteiger partial charge in [-0.05, 0) is 43.6 Å². The molecule has 5 rings (SSSR count). The standard InChI is InChI=1S/C22H23N5O4/c1-23-21(29)31-20-25-17-7-6-14(10-18(17)26-20)22(30)16-5-3-2-4-15(16)19(28)27(22)12-13-8-9-24-11-13/h2-7,10,13,24,30H,8-9,11-12H2,1H3,(H,23,29)(H,25,26). The molecule has 0 radical (unpaired) electrons. The van der Waals surface area contributed by atoms with Gasteiger partial charge in [0.25, 0.3) is 5.91 Å². The lowest BCUT2D eigenvalue weighted by molar-refractivity contribution is -0.0550.